The van der Waals surface area contributed by atoms with Gasteiger partial charge in [-0.1, -0.05) is 13.0 Å². The number of hydrogen-bond acceptors (Lipinski definition) is 5. The molecule has 2 atom stereocenters. The maximum Gasteiger partial charge on any atom is 0.422 e. The van der Waals surface area contributed by atoms with Crippen molar-refractivity contribution in [3.05, 3.63) is 30.0 Å². The highest BCUT2D eigenvalue weighted by molar-refractivity contribution is 6.32. The molecule has 3 heterocycles. The van der Waals surface area contributed by atoms with Crippen LogP contribution in [0, 0.1) is 5.92 Å². The Morgan fingerprint density at radius 3 is 2.38 bits per heavy atom. The van der Waals surface area contributed by atoms with E-state index in [1.54, 1.807) is 0 Å². The Balaban J connectivity index is 1.58. The molecule has 1 aromatic heterocycles. The number of amides is 1. The molecule has 7 nitrogen and oxygen atoms in total. The normalized spacial score (nSPS) is 24.8. The van der Waals surface area contributed by atoms with Gasteiger partial charge in [0.2, 0.25) is 0 Å². The van der Waals surface area contributed by atoms with Crippen molar-refractivity contribution in [2.75, 3.05) is 20.2 Å². The average Bonchev–Trinajstić information content (AvgIpc) is 3.23. The Morgan fingerprint density at radius 2 is 1.76 bits per heavy atom. The summed E-state index contributed by atoms with van der Waals surface area (Å²) in [7, 11) is 2.17. The first-order chi connectivity index (χ1) is 17.1. The van der Waals surface area contributed by atoms with E-state index < -0.39 is 30.7 Å². The standard InChI is InChI=1S/C27H37F3N4O3/c1-17-7-10-22(33(14-17)23(35)24(36)37-16-27(28,29)30)18-8-9-21-19(11-18)15-34(31-21)20-12-25(2,3)32(6)26(4,5)13-20/h8-9,11,15,17,20,22H,7,10,12-14,16H2,1-6H3/t17-,22+/m0/s1. The number of piperidine rings is 2. The lowest BCUT2D eigenvalue weighted by atomic mass is 9.77. The van der Waals surface area contributed by atoms with Gasteiger partial charge in [0, 0.05) is 29.2 Å². The zero-order valence-corrected chi connectivity index (χ0v) is 22.4. The van der Waals surface area contributed by atoms with Crippen molar-refractivity contribution in [2.45, 2.75) is 89.6 Å². The van der Waals surface area contributed by atoms with Crippen molar-refractivity contribution >= 4 is 22.8 Å². The van der Waals surface area contributed by atoms with Gasteiger partial charge in [-0.25, -0.2) is 4.79 Å². The van der Waals surface area contributed by atoms with Crippen molar-refractivity contribution in [1.82, 2.24) is 19.6 Å². The molecule has 2 aromatic rings. The lowest BCUT2D eigenvalue weighted by molar-refractivity contribution is -0.190. The van der Waals surface area contributed by atoms with Crippen LogP contribution in [0.5, 0.6) is 0 Å². The minimum absolute atomic E-state index is 0.0100. The number of carbonyl (C=O) groups is 2. The SMILES string of the molecule is C[C@H]1CC[C@H](c2ccc3nn(C4CC(C)(C)N(C)C(C)(C)C4)cc3c2)N(C(=O)C(=O)OCC(F)(F)F)C1. The van der Waals surface area contributed by atoms with Crippen LogP contribution in [0.2, 0.25) is 0 Å². The fourth-order valence-corrected chi connectivity index (χ4v) is 6.01. The summed E-state index contributed by atoms with van der Waals surface area (Å²) < 4.78 is 43.8. The highest BCUT2D eigenvalue weighted by Crippen LogP contribution is 2.42. The maximum atomic E-state index is 12.8. The Morgan fingerprint density at radius 1 is 1.11 bits per heavy atom. The number of fused-ring (bicyclic) bond motifs is 1. The van der Waals surface area contributed by atoms with Gasteiger partial charge in [-0.2, -0.15) is 18.3 Å². The minimum Gasteiger partial charge on any atom is -0.449 e. The van der Waals surface area contributed by atoms with Gasteiger partial charge in [-0.3, -0.25) is 14.4 Å². The molecule has 4 rings (SSSR count). The topological polar surface area (TPSA) is 67.7 Å². The molecular weight excluding hydrogens is 485 g/mol. The summed E-state index contributed by atoms with van der Waals surface area (Å²) in [6.45, 7) is 9.45. The number of ether oxygens (including phenoxy) is 1. The molecule has 0 radical (unpaired) electrons. The molecule has 2 aliphatic rings. The van der Waals surface area contributed by atoms with Gasteiger partial charge in [0.05, 0.1) is 17.6 Å². The molecule has 0 unspecified atom stereocenters. The van der Waals surface area contributed by atoms with Crippen LogP contribution in [0.1, 0.15) is 77.9 Å². The maximum absolute atomic E-state index is 12.8. The predicted octanol–water partition coefficient (Wildman–Crippen LogP) is 5.27. The third-order valence-electron chi connectivity index (χ3n) is 8.21. The van der Waals surface area contributed by atoms with Crippen LogP contribution in [0.3, 0.4) is 0 Å². The number of hydrogen-bond donors (Lipinski definition) is 0. The van der Waals surface area contributed by atoms with Crippen LogP contribution in [-0.2, 0) is 14.3 Å². The van der Waals surface area contributed by atoms with Crippen molar-refractivity contribution in [3.8, 4) is 0 Å². The first-order valence-electron chi connectivity index (χ1n) is 12.8. The van der Waals surface area contributed by atoms with Gasteiger partial charge >= 0.3 is 18.1 Å². The van der Waals surface area contributed by atoms with E-state index in [4.69, 9.17) is 5.10 Å². The predicted molar refractivity (Wildman–Crippen MR) is 134 cm³/mol. The van der Waals surface area contributed by atoms with Gasteiger partial charge in [-0.05, 0) is 84.0 Å². The average molecular weight is 523 g/mol. The van der Waals surface area contributed by atoms with Gasteiger partial charge < -0.3 is 9.64 Å². The second kappa shape index (κ2) is 9.60. The van der Waals surface area contributed by atoms with Crippen molar-refractivity contribution in [3.63, 3.8) is 0 Å². The van der Waals surface area contributed by atoms with Gasteiger partial charge in [0.15, 0.2) is 6.61 Å². The number of esters is 1. The molecule has 37 heavy (non-hydrogen) atoms. The molecule has 1 aromatic carbocycles. The number of aromatic nitrogens is 2. The zero-order valence-electron chi connectivity index (χ0n) is 22.4. The number of carbonyl (C=O) groups excluding carboxylic acids is 2. The summed E-state index contributed by atoms with van der Waals surface area (Å²) >= 11 is 0. The Labute approximate surface area is 215 Å². The van der Waals surface area contributed by atoms with Crippen LogP contribution in [0.15, 0.2) is 24.4 Å². The molecule has 2 saturated heterocycles. The summed E-state index contributed by atoms with van der Waals surface area (Å²) in [6, 6.07) is 5.59. The summed E-state index contributed by atoms with van der Waals surface area (Å²) in [5.74, 6) is -2.39. The first-order valence-corrected chi connectivity index (χ1v) is 12.8. The zero-order chi connectivity index (χ0) is 27.3. The van der Waals surface area contributed by atoms with Crippen LogP contribution in [-0.4, -0.2) is 68.9 Å². The fraction of sp³-hybridized carbons (Fsp3) is 0.667. The van der Waals surface area contributed by atoms with Crippen LogP contribution >= 0.6 is 0 Å². The van der Waals surface area contributed by atoms with E-state index in [2.05, 4.69) is 44.4 Å². The lowest BCUT2D eigenvalue weighted by Gasteiger charge is -2.53. The molecule has 0 saturated carbocycles. The number of rotatable bonds is 3. The molecule has 0 bridgehead atoms. The molecule has 0 spiro atoms. The number of halogens is 3. The minimum atomic E-state index is -4.69. The van der Waals surface area contributed by atoms with Crippen molar-refractivity contribution in [1.29, 1.82) is 0 Å². The van der Waals surface area contributed by atoms with E-state index in [-0.39, 0.29) is 29.6 Å². The van der Waals surface area contributed by atoms with Crippen molar-refractivity contribution < 1.29 is 27.5 Å². The number of benzene rings is 1. The van der Waals surface area contributed by atoms with Gasteiger partial charge in [-0.15, -0.1) is 0 Å². The summed E-state index contributed by atoms with van der Waals surface area (Å²) in [4.78, 5) is 28.8. The first kappa shape index (κ1) is 27.4. The highest BCUT2D eigenvalue weighted by atomic mass is 19.4. The number of alkyl halides is 3. The van der Waals surface area contributed by atoms with Crippen molar-refractivity contribution in [2.24, 2.45) is 5.92 Å². The smallest absolute Gasteiger partial charge is 0.422 e. The summed E-state index contributed by atoms with van der Waals surface area (Å²) in [6.07, 6.45) is 0.705. The molecule has 0 aliphatic carbocycles. The van der Waals surface area contributed by atoms with Crippen LogP contribution in [0.4, 0.5) is 13.2 Å². The molecular formula is C27H37F3N4O3. The van der Waals surface area contributed by atoms with E-state index in [1.807, 2.05) is 36.0 Å². The van der Waals surface area contributed by atoms with Crippen LogP contribution < -0.4 is 0 Å². The summed E-state index contributed by atoms with van der Waals surface area (Å²) in [5, 5.41) is 5.79. The Bertz CT molecular complexity index is 1160. The molecule has 1 amide bonds. The van der Waals surface area contributed by atoms with E-state index in [0.717, 1.165) is 35.7 Å². The largest absolute Gasteiger partial charge is 0.449 e. The number of likely N-dealkylation sites (tertiary alicyclic amines) is 2. The third-order valence-corrected chi connectivity index (χ3v) is 8.21. The quantitative estimate of drug-likeness (QED) is 0.406. The van der Waals surface area contributed by atoms with E-state index in [9.17, 15) is 22.8 Å². The molecule has 2 aliphatic heterocycles. The molecule has 10 heteroatoms. The van der Waals surface area contributed by atoms with E-state index in [1.165, 1.54) is 4.90 Å². The van der Waals surface area contributed by atoms with E-state index in [0.29, 0.717) is 6.42 Å². The second-order valence-electron chi connectivity index (χ2n) is 12.0. The monoisotopic (exact) mass is 522 g/mol. The lowest BCUT2D eigenvalue weighted by Crippen LogP contribution is -2.58. The van der Waals surface area contributed by atoms with Crippen LogP contribution in [0.25, 0.3) is 10.9 Å². The Kier molecular flexibility index (Phi) is 7.11. The number of nitrogens with zero attached hydrogens (tertiary/aromatic N) is 4. The molecule has 0 N–H and O–H groups in total. The molecule has 2 fully saturated rings. The molecule has 204 valence electrons. The van der Waals surface area contributed by atoms with E-state index >= 15 is 0 Å². The van der Waals surface area contributed by atoms with Gasteiger partial charge in [0.25, 0.3) is 0 Å². The fourth-order valence-electron chi connectivity index (χ4n) is 6.01. The second-order valence-corrected chi connectivity index (χ2v) is 12.0. The highest BCUT2D eigenvalue weighted by Gasteiger charge is 2.44. The Hall–Kier alpha value is -2.62. The third kappa shape index (κ3) is 5.78. The van der Waals surface area contributed by atoms with Gasteiger partial charge in [0.1, 0.15) is 0 Å². The summed E-state index contributed by atoms with van der Waals surface area (Å²) in [5.41, 5.74) is 1.69.